The molecule has 3 heteroatoms. The van der Waals surface area contributed by atoms with E-state index in [1.807, 2.05) is 13.8 Å². The molecule has 1 aliphatic carbocycles. The van der Waals surface area contributed by atoms with Crippen molar-refractivity contribution in [3.8, 4) is 6.07 Å². The van der Waals surface area contributed by atoms with Crippen LogP contribution in [0.25, 0.3) is 0 Å². The highest BCUT2D eigenvalue weighted by molar-refractivity contribution is 5.81. The first-order chi connectivity index (χ1) is 7.95. The second-order valence-corrected chi connectivity index (χ2v) is 5.82. The van der Waals surface area contributed by atoms with Gasteiger partial charge in [0.05, 0.1) is 6.07 Å². The van der Waals surface area contributed by atoms with Crippen molar-refractivity contribution in [3.63, 3.8) is 0 Å². The van der Waals surface area contributed by atoms with Gasteiger partial charge in [0.1, 0.15) is 5.92 Å². The van der Waals surface area contributed by atoms with Gasteiger partial charge in [-0.2, -0.15) is 5.26 Å². The molecule has 96 valence electrons. The Morgan fingerprint density at radius 2 is 1.94 bits per heavy atom. The lowest BCUT2D eigenvalue weighted by atomic mass is 9.79. The SMILES string of the molecule is CC(C)C(C#N)C(=O)NC1CCC(C)C(C)C1. The van der Waals surface area contributed by atoms with Crippen LogP contribution in [0.15, 0.2) is 0 Å². The number of carbonyl (C=O) groups excluding carboxylic acids is 1. The van der Waals surface area contributed by atoms with Gasteiger partial charge in [-0.1, -0.05) is 27.7 Å². The predicted molar refractivity (Wildman–Crippen MR) is 68.1 cm³/mol. The van der Waals surface area contributed by atoms with Crippen molar-refractivity contribution in [2.75, 3.05) is 0 Å². The number of rotatable bonds is 3. The van der Waals surface area contributed by atoms with E-state index < -0.39 is 5.92 Å². The minimum absolute atomic E-state index is 0.0833. The van der Waals surface area contributed by atoms with Crippen molar-refractivity contribution in [3.05, 3.63) is 0 Å². The first-order valence-corrected chi connectivity index (χ1v) is 6.65. The predicted octanol–water partition coefficient (Wildman–Crippen LogP) is 2.72. The Bertz CT molecular complexity index is 306. The van der Waals surface area contributed by atoms with Crippen LogP contribution in [0.3, 0.4) is 0 Å². The Balaban J connectivity index is 2.49. The van der Waals surface area contributed by atoms with Crippen molar-refractivity contribution < 1.29 is 4.79 Å². The Hall–Kier alpha value is -1.04. The lowest BCUT2D eigenvalue weighted by Gasteiger charge is -2.33. The summed E-state index contributed by atoms with van der Waals surface area (Å²) >= 11 is 0. The van der Waals surface area contributed by atoms with Gasteiger partial charge in [0.15, 0.2) is 0 Å². The molecule has 0 aromatic carbocycles. The van der Waals surface area contributed by atoms with Crippen LogP contribution in [0, 0.1) is 35.0 Å². The maximum Gasteiger partial charge on any atom is 0.237 e. The zero-order valence-corrected chi connectivity index (χ0v) is 11.4. The van der Waals surface area contributed by atoms with E-state index in [1.165, 1.54) is 6.42 Å². The van der Waals surface area contributed by atoms with Gasteiger partial charge in [0.2, 0.25) is 5.91 Å². The molecule has 1 aliphatic rings. The molecule has 1 rings (SSSR count). The van der Waals surface area contributed by atoms with Crippen molar-refractivity contribution >= 4 is 5.91 Å². The number of nitrogens with zero attached hydrogens (tertiary/aromatic N) is 1. The van der Waals surface area contributed by atoms with Gasteiger partial charge in [0.25, 0.3) is 0 Å². The van der Waals surface area contributed by atoms with Gasteiger partial charge in [-0.25, -0.2) is 0 Å². The maximum absolute atomic E-state index is 11.9. The van der Waals surface area contributed by atoms with E-state index in [2.05, 4.69) is 25.2 Å². The number of hydrogen-bond acceptors (Lipinski definition) is 2. The van der Waals surface area contributed by atoms with E-state index in [0.717, 1.165) is 18.8 Å². The summed E-state index contributed by atoms with van der Waals surface area (Å²) < 4.78 is 0. The van der Waals surface area contributed by atoms with Gasteiger partial charge in [-0.15, -0.1) is 0 Å². The first kappa shape index (κ1) is 14.0. The molecule has 3 nitrogen and oxygen atoms in total. The van der Waals surface area contributed by atoms with Crippen LogP contribution in [-0.4, -0.2) is 11.9 Å². The number of nitriles is 1. The number of hydrogen-bond donors (Lipinski definition) is 1. The van der Waals surface area contributed by atoms with Crippen LogP contribution >= 0.6 is 0 Å². The van der Waals surface area contributed by atoms with E-state index in [9.17, 15) is 4.79 Å². The molecule has 0 spiro atoms. The highest BCUT2D eigenvalue weighted by Crippen LogP contribution is 2.29. The average Bonchev–Trinajstić information content (AvgIpc) is 2.24. The fourth-order valence-electron chi connectivity index (χ4n) is 2.48. The summed E-state index contributed by atoms with van der Waals surface area (Å²) in [5.41, 5.74) is 0. The fraction of sp³-hybridized carbons (Fsp3) is 0.857. The van der Waals surface area contributed by atoms with Gasteiger partial charge in [-0.05, 0) is 37.0 Å². The van der Waals surface area contributed by atoms with E-state index in [-0.39, 0.29) is 17.9 Å². The molecule has 0 aromatic rings. The summed E-state index contributed by atoms with van der Waals surface area (Å²) in [5.74, 6) is 0.896. The van der Waals surface area contributed by atoms with Gasteiger partial charge in [-0.3, -0.25) is 4.79 Å². The van der Waals surface area contributed by atoms with Crippen LogP contribution in [0.4, 0.5) is 0 Å². The van der Waals surface area contributed by atoms with Crippen LogP contribution in [0.2, 0.25) is 0 Å². The summed E-state index contributed by atoms with van der Waals surface area (Å²) in [6, 6.07) is 2.37. The first-order valence-electron chi connectivity index (χ1n) is 6.65. The highest BCUT2D eigenvalue weighted by atomic mass is 16.1. The third-order valence-corrected chi connectivity index (χ3v) is 4.03. The summed E-state index contributed by atoms with van der Waals surface area (Å²) in [7, 11) is 0. The Morgan fingerprint density at radius 1 is 1.29 bits per heavy atom. The Labute approximate surface area is 105 Å². The molecule has 1 saturated carbocycles. The summed E-state index contributed by atoms with van der Waals surface area (Å²) in [5, 5.41) is 12.0. The molecule has 0 radical (unpaired) electrons. The van der Waals surface area contributed by atoms with Gasteiger partial charge in [0, 0.05) is 6.04 Å². The van der Waals surface area contributed by atoms with Crippen molar-refractivity contribution in [1.82, 2.24) is 5.32 Å². The van der Waals surface area contributed by atoms with Crippen molar-refractivity contribution in [2.45, 2.75) is 53.0 Å². The standard InChI is InChI=1S/C14H24N2O/c1-9(2)13(8-15)14(17)16-12-6-5-10(3)11(4)7-12/h9-13H,5-7H2,1-4H3,(H,16,17). The largest absolute Gasteiger partial charge is 0.352 e. The monoisotopic (exact) mass is 236 g/mol. The molecule has 0 heterocycles. The summed E-state index contributed by atoms with van der Waals surface area (Å²) in [4.78, 5) is 11.9. The zero-order chi connectivity index (χ0) is 13.0. The Kier molecular flexibility index (Phi) is 4.99. The topological polar surface area (TPSA) is 52.9 Å². The van der Waals surface area contributed by atoms with Crippen molar-refractivity contribution in [1.29, 1.82) is 5.26 Å². The lowest BCUT2D eigenvalue weighted by molar-refractivity contribution is -0.125. The third-order valence-electron chi connectivity index (χ3n) is 4.03. The van der Waals surface area contributed by atoms with Crippen LogP contribution < -0.4 is 5.32 Å². The minimum atomic E-state index is -0.510. The molecule has 1 N–H and O–H groups in total. The third kappa shape index (κ3) is 3.73. The number of carbonyl (C=O) groups is 1. The normalized spacial score (nSPS) is 30.7. The van der Waals surface area contributed by atoms with Crippen LogP contribution in [0.1, 0.15) is 47.0 Å². The molecule has 4 unspecified atom stereocenters. The molecule has 0 bridgehead atoms. The zero-order valence-electron chi connectivity index (χ0n) is 11.4. The molecule has 1 amide bonds. The van der Waals surface area contributed by atoms with E-state index in [1.54, 1.807) is 0 Å². The van der Waals surface area contributed by atoms with E-state index in [4.69, 9.17) is 5.26 Å². The van der Waals surface area contributed by atoms with Crippen LogP contribution in [0.5, 0.6) is 0 Å². The van der Waals surface area contributed by atoms with Crippen LogP contribution in [-0.2, 0) is 4.79 Å². The molecular weight excluding hydrogens is 212 g/mol. The van der Waals surface area contributed by atoms with Gasteiger partial charge >= 0.3 is 0 Å². The molecular formula is C14H24N2O. The minimum Gasteiger partial charge on any atom is -0.352 e. The van der Waals surface area contributed by atoms with Crippen molar-refractivity contribution in [2.24, 2.45) is 23.7 Å². The van der Waals surface area contributed by atoms with E-state index in [0.29, 0.717) is 5.92 Å². The average molecular weight is 236 g/mol. The number of amides is 1. The maximum atomic E-state index is 11.9. The molecule has 4 atom stereocenters. The lowest BCUT2D eigenvalue weighted by Crippen LogP contribution is -2.43. The summed E-state index contributed by atoms with van der Waals surface area (Å²) in [6.45, 7) is 8.35. The number of nitrogens with one attached hydrogen (secondary N) is 1. The molecule has 0 saturated heterocycles. The summed E-state index contributed by atoms with van der Waals surface area (Å²) in [6.07, 6.45) is 3.27. The Morgan fingerprint density at radius 3 is 2.41 bits per heavy atom. The quantitative estimate of drug-likeness (QED) is 0.819. The highest BCUT2D eigenvalue weighted by Gasteiger charge is 2.28. The molecule has 17 heavy (non-hydrogen) atoms. The molecule has 0 aliphatic heterocycles. The fourth-order valence-corrected chi connectivity index (χ4v) is 2.48. The molecule has 0 aromatic heterocycles. The second kappa shape index (κ2) is 6.05. The molecule has 1 fully saturated rings. The smallest absolute Gasteiger partial charge is 0.237 e. The second-order valence-electron chi connectivity index (χ2n) is 5.82. The van der Waals surface area contributed by atoms with E-state index >= 15 is 0 Å². The van der Waals surface area contributed by atoms with Gasteiger partial charge < -0.3 is 5.32 Å².